The second-order valence-electron chi connectivity index (χ2n) is 6.56. The Labute approximate surface area is 166 Å². The molecule has 0 unspecified atom stereocenters. The predicted molar refractivity (Wildman–Crippen MR) is 110 cm³/mol. The standard InChI is InChI=1S/C21H22N2O4S/c1-5-14-7-6-8-15-16(9-22-19(14)15)17(25)10-27-21(26)18-11(2)12(3)28-20(18)23-13(4)24/h6-9,22H,5,10H2,1-4H3,(H,23,24). The number of para-hydroxylation sites is 1. The second-order valence-corrected chi connectivity index (χ2v) is 7.79. The van der Waals surface area contributed by atoms with E-state index in [2.05, 4.69) is 17.2 Å². The third-order valence-corrected chi connectivity index (χ3v) is 5.82. The van der Waals surface area contributed by atoms with Gasteiger partial charge in [0, 0.05) is 34.5 Å². The highest BCUT2D eigenvalue weighted by atomic mass is 32.1. The van der Waals surface area contributed by atoms with Gasteiger partial charge in [0.15, 0.2) is 6.61 Å². The molecule has 0 aliphatic rings. The second kappa shape index (κ2) is 7.98. The number of aryl methyl sites for hydroxylation is 2. The van der Waals surface area contributed by atoms with Crippen molar-refractivity contribution in [1.29, 1.82) is 0 Å². The third-order valence-electron chi connectivity index (χ3n) is 4.70. The van der Waals surface area contributed by atoms with Crippen molar-refractivity contribution in [3.05, 3.63) is 51.5 Å². The summed E-state index contributed by atoms with van der Waals surface area (Å²) in [5, 5.41) is 3.92. The lowest BCUT2D eigenvalue weighted by atomic mass is 10.1. The molecule has 0 aliphatic carbocycles. The number of benzene rings is 1. The van der Waals surface area contributed by atoms with Crippen LogP contribution in [0.4, 0.5) is 5.00 Å². The number of ether oxygens (including phenoxy) is 1. The molecule has 0 bridgehead atoms. The van der Waals surface area contributed by atoms with Crippen LogP contribution < -0.4 is 5.32 Å². The molecule has 3 rings (SSSR count). The maximum absolute atomic E-state index is 12.6. The Hall–Kier alpha value is -2.93. The van der Waals surface area contributed by atoms with Crippen LogP contribution in [0.15, 0.2) is 24.4 Å². The Morgan fingerprint density at radius 1 is 1.21 bits per heavy atom. The Morgan fingerprint density at radius 3 is 2.64 bits per heavy atom. The number of hydrogen-bond donors (Lipinski definition) is 2. The van der Waals surface area contributed by atoms with Crippen LogP contribution in [0.2, 0.25) is 0 Å². The Kier molecular flexibility index (Phi) is 5.65. The van der Waals surface area contributed by atoms with E-state index in [1.54, 1.807) is 13.1 Å². The lowest BCUT2D eigenvalue weighted by Crippen LogP contribution is -2.16. The number of nitrogens with one attached hydrogen (secondary N) is 2. The molecule has 3 aromatic rings. The molecule has 0 spiro atoms. The number of H-pyrrole nitrogens is 1. The predicted octanol–water partition coefficient (Wildman–Crippen LogP) is 4.41. The molecule has 2 aromatic heterocycles. The van der Waals surface area contributed by atoms with Crippen LogP contribution in [0.1, 0.15) is 50.6 Å². The zero-order chi connectivity index (χ0) is 20.4. The fraction of sp³-hybridized carbons (Fsp3) is 0.286. The van der Waals surface area contributed by atoms with Crippen LogP contribution in [-0.2, 0) is 16.0 Å². The van der Waals surface area contributed by atoms with E-state index in [9.17, 15) is 14.4 Å². The zero-order valence-electron chi connectivity index (χ0n) is 16.3. The number of Topliss-reactive ketones (excluding diaryl/α,β-unsaturated/α-hetero) is 1. The molecule has 0 fully saturated rings. The number of aromatic amines is 1. The first-order chi connectivity index (χ1) is 13.3. The number of carbonyl (C=O) groups is 3. The van der Waals surface area contributed by atoms with Crippen LogP contribution in [0, 0.1) is 13.8 Å². The monoisotopic (exact) mass is 398 g/mol. The molecule has 2 heterocycles. The minimum atomic E-state index is -0.618. The third kappa shape index (κ3) is 3.71. The molecule has 0 saturated heterocycles. The lowest BCUT2D eigenvalue weighted by Gasteiger charge is -2.07. The van der Waals surface area contributed by atoms with Crippen molar-refractivity contribution in [2.75, 3.05) is 11.9 Å². The zero-order valence-corrected chi connectivity index (χ0v) is 17.1. The van der Waals surface area contributed by atoms with Crippen molar-refractivity contribution in [2.45, 2.75) is 34.1 Å². The smallest absolute Gasteiger partial charge is 0.341 e. The molecule has 2 N–H and O–H groups in total. The summed E-state index contributed by atoms with van der Waals surface area (Å²) in [6.45, 7) is 6.73. The summed E-state index contributed by atoms with van der Waals surface area (Å²) in [7, 11) is 0. The van der Waals surface area contributed by atoms with Crippen LogP contribution in [0.25, 0.3) is 10.9 Å². The summed E-state index contributed by atoms with van der Waals surface area (Å²) in [4.78, 5) is 40.7. The molecule has 146 valence electrons. The summed E-state index contributed by atoms with van der Waals surface area (Å²) in [6.07, 6.45) is 2.51. The number of aromatic nitrogens is 1. The van der Waals surface area contributed by atoms with Crippen LogP contribution in [0.3, 0.4) is 0 Å². The number of amides is 1. The first-order valence-corrected chi connectivity index (χ1v) is 9.82. The average molecular weight is 398 g/mol. The van der Waals surface area contributed by atoms with Crippen LogP contribution in [0.5, 0.6) is 0 Å². The van der Waals surface area contributed by atoms with E-state index in [1.807, 2.05) is 25.1 Å². The fourth-order valence-corrected chi connectivity index (χ4v) is 4.24. The van der Waals surface area contributed by atoms with Crippen molar-refractivity contribution in [3.8, 4) is 0 Å². The number of rotatable bonds is 6. The summed E-state index contributed by atoms with van der Waals surface area (Å²) < 4.78 is 5.29. The number of ketones is 1. The van der Waals surface area contributed by atoms with Gasteiger partial charge in [-0.05, 0) is 31.4 Å². The summed E-state index contributed by atoms with van der Waals surface area (Å²) in [6, 6.07) is 5.80. The number of thiophene rings is 1. The number of fused-ring (bicyclic) bond motifs is 1. The van der Waals surface area contributed by atoms with Gasteiger partial charge in [0.1, 0.15) is 5.00 Å². The minimum Gasteiger partial charge on any atom is -0.454 e. The molecule has 6 nitrogen and oxygen atoms in total. The molecular weight excluding hydrogens is 376 g/mol. The van der Waals surface area contributed by atoms with E-state index in [4.69, 9.17) is 4.74 Å². The van der Waals surface area contributed by atoms with Gasteiger partial charge >= 0.3 is 5.97 Å². The molecule has 0 saturated carbocycles. The molecule has 0 radical (unpaired) electrons. The lowest BCUT2D eigenvalue weighted by molar-refractivity contribution is -0.114. The number of carbonyl (C=O) groups excluding carboxylic acids is 3. The molecule has 1 amide bonds. The number of hydrogen-bond acceptors (Lipinski definition) is 5. The van der Waals surface area contributed by atoms with E-state index in [1.165, 1.54) is 18.3 Å². The summed E-state index contributed by atoms with van der Waals surface area (Å²) in [5.41, 5.74) is 3.59. The van der Waals surface area contributed by atoms with Crippen LogP contribution in [-0.4, -0.2) is 29.3 Å². The van der Waals surface area contributed by atoms with E-state index >= 15 is 0 Å². The largest absolute Gasteiger partial charge is 0.454 e. The van der Waals surface area contributed by atoms with E-state index < -0.39 is 5.97 Å². The highest BCUT2D eigenvalue weighted by molar-refractivity contribution is 7.16. The number of esters is 1. The van der Waals surface area contributed by atoms with Crippen molar-refractivity contribution >= 4 is 44.9 Å². The van der Waals surface area contributed by atoms with Gasteiger partial charge in [-0.15, -0.1) is 11.3 Å². The van der Waals surface area contributed by atoms with Gasteiger partial charge in [-0.1, -0.05) is 25.1 Å². The first kappa shape index (κ1) is 19.8. The van der Waals surface area contributed by atoms with Gasteiger partial charge in [-0.25, -0.2) is 4.79 Å². The van der Waals surface area contributed by atoms with Gasteiger partial charge in [-0.2, -0.15) is 0 Å². The Morgan fingerprint density at radius 2 is 1.96 bits per heavy atom. The van der Waals surface area contributed by atoms with Crippen LogP contribution >= 0.6 is 11.3 Å². The molecule has 1 aromatic carbocycles. The highest BCUT2D eigenvalue weighted by Crippen LogP contribution is 2.33. The summed E-state index contributed by atoms with van der Waals surface area (Å²) >= 11 is 1.31. The normalized spacial score (nSPS) is 10.9. The quantitative estimate of drug-likeness (QED) is 0.476. The van der Waals surface area contributed by atoms with Crippen molar-refractivity contribution in [2.24, 2.45) is 0 Å². The molecule has 0 atom stereocenters. The van der Waals surface area contributed by atoms with Gasteiger partial charge in [0.2, 0.25) is 11.7 Å². The minimum absolute atomic E-state index is 0.267. The Balaban J connectivity index is 1.79. The summed E-state index contributed by atoms with van der Waals surface area (Å²) in [5.74, 6) is -1.16. The van der Waals surface area contributed by atoms with Gasteiger partial charge < -0.3 is 15.0 Å². The van der Waals surface area contributed by atoms with E-state index in [0.717, 1.165) is 33.3 Å². The van der Waals surface area contributed by atoms with Crippen molar-refractivity contribution in [1.82, 2.24) is 4.98 Å². The van der Waals surface area contributed by atoms with Gasteiger partial charge in [0.05, 0.1) is 5.56 Å². The van der Waals surface area contributed by atoms with Crippen molar-refractivity contribution < 1.29 is 19.1 Å². The maximum Gasteiger partial charge on any atom is 0.341 e. The number of anilines is 1. The highest BCUT2D eigenvalue weighted by Gasteiger charge is 2.23. The SMILES string of the molecule is CCc1cccc2c(C(=O)COC(=O)c3c(NC(C)=O)sc(C)c3C)c[nH]c12. The van der Waals surface area contributed by atoms with Gasteiger partial charge in [-0.3, -0.25) is 9.59 Å². The molecular formula is C21H22N2O4S. The fourth-order valence-electron chi connectivity index (χ4n) is 3.14. The molecule has 0 aliphatic heterocycles. The molecule has 28 heavy (non-hydrogen) atoms. The topological polar surface area (TPSA) is 88.3 Å². The van der Waals surface area contributed by atoms with Gasteiger partial charge in [0.25, 0.3) is 0 Å². The maximum atomic E-state index is 12.6. The van der Waals surface area contributed by atoms with E-state index in [0.29, 0.717) is 16.1 Å². The Bertz CT molecular complexity index is 1080. The average Bonchev–Trinajstić information content (AvgIpc) is 3.20. The van der Waals surface area contributed by atoms with Crippen molar-refractivity contribution in [3.63, 3.8) is 0 Å². The first-order valence-electron chi connectivity index (χ1n) is 9.00. The molecule has 7 heteroatoms. The van der Waals surface area contributed by atoms with E-state index in [-0.39, 0.29) is 18.3 Å².